The maximum absolute atomic E-state index is 13.4. The first-order chi connectivity index (χ1) is 26.0. The summed E-state index contributed by atoms with van der Waals surface area (Å²) in [6, 6.07) is 39.9. The van der Waals surface area contributed by atoms with Crippen LogP contribution in [0.1, 0.15) is 55.4 Å². The lowest BCUT2D eigenvalue weighted by Crippen LogP contribution is -2.61. The van der Waals surface area contributed by atoms with Crippen molar-refractivity contribution in [3.8, 4) is 0 Å². The fourth-order valence-electron chi connectivity index (χ4n) is 6.91. The molecule has 0 unspecified atom stereocenters. The van der Waals surface area contributed by atoms with Gasteiger partial charge in [-0.25, -0.2) is 9.69 Å². The maximum Gasteiger partial charge on any atom is 0.416 e. The standard InChI is InChI=1S/C44H51NO8/c1-32(2)37-30-52-44(47)45(37)40(46)25-15-24-38-41(49-27-34-18-9-4-10-19-34)43(51-29-36-22-13-6-14-23-36)42(50-28-35-20-11-5-12-21-35)39(53-38)31-48-26-33-16-7-3-8-17-33/h3-14,16-23,32,37-39,41-43H,15,24-31H2,1-2H3/t37-,38-,39-,41+,42+,43-/m1/s1. The second-order valence-electron chi connectivity index (χ2n) is 14.0. The Morgan fingerprint density at radius 2 is 1.11 bits per heavy atom. The molecule has 53 heavy (non-hydrogen) atoms. The lowest BCUT2D eigenvalue weighted by Gasteiger charge is -2.46. The predicted molar refractivity (Wildman–Crippen MR) is 200 cm³/mol. The van der Waals surface area contributed by atoms with E-state index in [1.54, 1.807) is 0 Å². The molecule has 0 bridgehead atoms. The van der Waals surface area contributed by atoms with Crippen molar-refractivity contribution in [1.82, 2.24) is 4.90 Å². The summed E-state index contributed by atoms with van der Waals surface area (Å²) in [4.78, 5) is 27.3. The molecule has 9 nitrogen and oxygen atoms in total. The van der Waals surface area contributed by atoms with Gasteiger partial charge in [-0.3, -0.25) is 4.79 Å². The van der Waals surface area contributed by atoms with E-state index in [-0.39, 0.29) is 37.5 Å². The fraction of sp³-hybridized carbons (Fsp3) is 0.409. The van der Waals surface area contributed by atoms with Gasteiger partial charge in [-0.2, -0.15) is 0 Å². The number of carbonyl (C=O) groups excluding carboxylic acids is 2. The second-order valence-corrected chi connectivity index (χ2v) is 14.0. The van der Waals surface area contributed by atoms with Gasteiger partial charge in [0.15, 0.2) is 0 Å². The first kappa shape index (κ1) is 38.3. The highest BCUT2D eigenvalue weighted by atomic mass is 16.6. The van der Waals surface area contributed by atoms with Crippen LogP contribution in [-0.2, 0) is 59.6 Å². The van der Waals surface area contributed by atoms with Gasteiger partial charge >= 0.3 is 6.09 Å². The van der Waals surface area contributed by atoms with Crippen molar-refractivity contribution < 1.29 is 38.0 Å². The van der Waals surface area contributed by atoms with Crippen LogP contribution in [0.3, 0.4) is 0 Å². The first-order valence-corrected chi connectivity index (χ1v) is 18.7. The van der Waals surface area contributed by atoms with Crippen molar-refractivity contribution in [2.24, 2.45) is 5.92 Å². The van der Waals surface area contributed by atoms with Crippen molar-refractivity contribution in [1.29, 1.82) is 0 Å². The molecule has 0 N–H and O–H groups in total. The number of cyclic esters (lactones) is 1. The van der Waals surface area contributed by atoms with E-state index in [2.05, 4.69) is 0 Å². The van der Waals surface area contributed by atoms with Gasteiger partial charge < -0.3 is 28.4 Å². The summed E-state index contributed by atoms with van der Waals surface area (Å²) >= 11 is 0. The van der Waals surface area contributed by atoms with Crippen molar-refractivity contribution in [2.45, 2.75) is 96.1 Å². The van der Waals surface area contributed by atoms with Gasteiger partial charge in [-0.15, -0.1) is 0 Å². The summed E-state index contributed by atoms with van der Waals surface area (Å²) < 4.78 is 38.8. The largest absolute Gasteiger partial charge is 0.447 e. The molecule has 2 heterocycles. The summed E-state index contributed by atoms with van der Waals surface area (Å²) in [5, 5.41) is 0. The molecule has 6 atom stereocenters. The van der Waals surface area contributed by atoms with Crippen LogP contribution in [0.25, 0.3) is 0 Å². The summed E-state index contributed by atoms with van der Waals surface area (Å²) in [7, 11) is 0. The predicted octanol–water partition coefficient (Wildman–Crippen LogP) is 7.90. The van der Waals surface area contributed by atoms with Gasteiger partial charge in [0.1, 0.15) is 31.0 Å². The van der Waals surface area contributed by atoms with E-state index in [1.807, 2.05) is 135 Å². The molecule has 0 saturated carbocycles. The summed E-state index contributed by atoms with van der Waals surface area (Å²) in [5.41, 5.74) is 4.13. The SMILES string of the molecule is CC(C)[C@H]1COC(=O)N1C(=O)CCC[C@H]1O[C@H](COCc2ccccc2)[C@H](OCc2ccccc2)[C@H](OCc2ccccc2)[C@H]1OCc1ccccc1. The number of nitrogens with zero attached hydrogens (tertiary/aromatic N) is 1. The van der Waals surface area contributed by atoms with E-state index in [1.165, 1.54) is 4.90 Å². The Kier molecular flexibility index (Phi) is 14.2. The van der Waals surface area contributed by atoms with Crippen LogP contribution in [0, 0.1) is 5.92 Å². The van der Waals surface area contributed by atoms with Crippen LogP contribution < -0.4 is 0 Å². The number of benzene rings is 4. The highest BCUT2D eigenvalue weighted by Gasteiger charge is 2.48. The topological polar surface area (TPSA) is 92.8 Å². The van der Waals surface area contributed by atoms with Gasteiger partial charge in [-0.05, 0) is 41.0 Å². The molecule has 2 amide bonds. The Balaban J connectivity index is 1.26. The molecule has 9 heteroatoms. The zero-order valence-electron chi connectivity index (χ0n) is 30.7. The van der Waals surface area contributed by atoms with E-state index >= 15 is 0 Å². The third-order valence-corrected chi connectivity index (χ3v) is 9.80. The number of ether oxygens (including phenoxy) is 6. The smallest absolute Gasteiger partial charge is 0.416 e. The Labute approximate surface area is 313 Å². The number of imide groups is 1. The molecule has 0 radical (unpaired) electrons. The van der Waals surface area contributed by atoms with Gasteiger partial charge in [0.2, 0.25) is 5.91 Å². The van der Waals surface area contributed by atoms with Crippen LogP contribution in [0.5, 0.6) is 0 Å². The number of amides is 2. The molecule has 0 aliphatic carbocycles. The maximum atomic E-state index is 13.4. The fourth-order valence-corrected chi connectivity index (χ4v) is 6.91. The molecule has 0 spiro atoms. The molecule has 280 valence electrons. The second kappa shape index (κ2) is 19.6. The quantitative estimate of drug-likeness (QED) is 0.102. The van der Waals surface area contributed by atoms with Gasteiger partial charge in [0.05, 0.1) is 45.2 Å². The number of rotatable bonds is 18. The lowest BCUT2D eigenvalue weighted by molar-refractivity contribution is -0.273. The van der Waals surface area contributed by atoms with E-state index in [0.29, 0.717) is 39.3 Å². The third kappa shape index (κ3) is 10.8. The van der Waals surface area contributed by atoms with Crippen molar-refractivity contribution >= 4 is 12.0 Å². The van der Waals surface area contributed by atoms with E-state index < -0.39 is 36.6 Å². The molecule has 2 fully saturated rings. The number of hydrogen-bond donors (Lipinski definition) is 0. The van der Waals surface area contributed by atoms with Gasteiger partial charge in [-0.1, -0.05) is 135 Å². The molecule has 2 aliphatic rings. The molecular weight excluding hydrogens is 670 g/mol. The molecular formula is C44H51NO8. The average molecular weight is 722 g/mol. The molecule has 2 saturated heterocycles. The van der Waals surface area contributed by atoms with Crippen LogP contribution in [0.4, 0.5) is 4.79 Å². The third-order valence-electron chi connectivity index (χ3n) is 9.80. The zero-order chi connectivity index (χ0) is 36.8. The molecule has 2 aliphatic heterocycles. The monoisotopic (exact) mass is 721 g/mol. The lowest BCUT2D eigenvalue weighted by atomic mass is 9.91. The van der Waals surface area contributed by atoms with E-state index in [4.69, 9.17) is 28.4 Å². The van der Waals surface area contributed by atoms with E-state index in [0.717, 1.165) is 22.3 Å². The molecule has 6 rings (SSSR count). The van der Waals surface area contributed by atoms with Crippen LogP contribution in [-0.4, -0.2) is 66.7 Å². The molecule has 4 aromatic carbocycles. The van der Waals surface area contributed by atoms with Crippen molar-refractivity contribution in [2.75, 3.05) is 13.2 Å². The zero-order valence-corrected chi connectivity index (χ0v) is 30.7. The molecule has 4 aromatic rings. The first-order valence-electron chi connectivity index (χ1n) is 18.7. The normalized spacial score (nSPS) is 22.9. The highest BCUT2D eigenvalue weighted by molar-refractivity contribution is 5.93. The van der Waals surface area contributed by atoms with Gasteiger partial charge in [0.25, 0.3) is 0 Å². The number of carbonyl (C=O) groups is 2. The Hall–Kier alpha value is -4.38. The summed E-state index contributed by atoms with van der Waals surface area (Å²) in [5.74, 6) is -0.151. The highest BCUT2D eigenvalue weighted by Crippen LogP contribution is 2.33. The average Bonchev–Trinajstić information content (AvgIpc) is 3.59. The Morgan fingerprint density at radius 1 is 0.660 bits per heavy atom. The minimum atomic E-state index is -0.574. The minimum absolute atomic E-state index is 0.0924. The van der Waals surface area contributed by atoms with Crippen molar-refractivity contribution in [3.63, 3.8) is 0 Å². The summed E-state index contributed by atoms with van der Waals surface area (Å²) in [6.45, 7) is 5.91. The minimum Gasteiger partial charge on any atom is -0.447 e. The van der Waals surface area contributed by atoms with Crippen molar-refractivity contribution in [3.05, 3.63) is 144 Å². The Bertz CT molecular complexity index is 1670. The van der Waals surface area contributed by atoms with Crippen LogP contribution in [0.15, 0.2) is 121 Å². The van der Waals surface area contributed by atoms with Crippen LogP contribution in [0.2, 0.25) is 0 Å². The van der Waals surface area contributed by atoms with Crippen LogP contribution >= 0.6 is 0 Å². The van der Waals surface area contributed by atoms with E-state index in [9.17, 15) is 9.59 Å². The summed E-state index contributed by atoms with van der Waals surface area (Å²) in [6.07, 6.45) is -2.02. The number of hydrogen-bond acceptors (Lipinski definition) is 8. The van der Waals surface area contributed by atoms with Gasteiger partial charge in [0, 0.05) is 6.42 Å². The molecule has 0 aromatic heterocycles. The Morgan fingerprint density at radius 3 is 1.60 bits per heavy atom.